The predicted octanol–water partition coefficient (Wildman–Crippen LogP) is 7.16. The van der Waals surface area contributed by atoms with Crippen molar-refractivity contribution in [2.24, 2.45) is 5.16 Å². The second kappa shape index (κ2) is 10.7. The number of hydrogen-bond acceptors (Lipinski definition) is 5. The van der Waals surface area contributed by atoms with Crippen LogP contribution >= 0.6 is 0 Å². The fourth-order valence-electron chi connectivity index (χ4n) is 4.55. The largest absolute Gasteiger partial charge is 0.416 e. The van der Waals surface area contributed by atoms with Gasteiger partial charge in [-0.15, -0.1) is 0 Å². The standard InChI is InChI=1S/C29H28F3N3O3/c1-5-15-34(6-2)23-12-14-27-25(17-23)24-16-20(28(37)18(3)33-38-19(4)36)7-13-26(24)35(27)22-10-8-21(9-11-22)29(30,31)32/h7-14,16-17H,5-6,15H2,1-4H3. The van der Waals surface area contributed by atoms with Gasteiger partial charge in [-0.05, 0) is 80.9 Å². The maximum absolute atomic E-state index is 13.2. The lowest BCUT2D eigenvalue weighted by molar-refractivity contribution is -0.141. The Morgan fingerprint density at radius 2 is 1.55 bits per heavy atom. The first-order valence-corrected chi connectivity index (χ1v) is 12.3. The topological polar surface area (TPSA) is 63.9 Å². The quantitative estimate of drug-likeness (QED) is 0.106. The molecule has 0 saturated carbocycles. The lowest BCUT2D eigenvalue weighted by Gasteiger charge is -2.22. The number of anilines is 1. The SMILES string of the molecule is CCCN(CC)c1ccc2c(c1)c1cc(C(=O)C(C)=NOC(C)=O)ccc1n2-c1ccc(C(F)(F)F)cc1. The number of halogens is 3. The summed E-state index contributed by atoms with van der Waals surface area (Å²) in [4.78, 5) is 31.0. The van der Waals surface area contributed by atoms with Crippen LogP contribution in [-0.2, 0) is 15.8 Å². The fraction of sp³-hybridized carbons (Fsp3) is 0.276. The molecule has 1 aromatic heterocycles. The number of rotatable bonds is 8. The third-order valence-electron chi connectivity index (χ3n) is 6.34. The van der Waals surface area contributed by atoms with Crippen molar-refractivity contribution < 1.29 is 27.6 Å². The Hall–Kier alpha value is -4.14. The Labute approximate surface area is 218 Å². The summed E-state index contributed by atoms with van der Waals surface area (Å²) in [6.45, 7) is 8.52. The molecule has 0 aliphatic carbocycles. The number of hydrogen-bond donors (Lipinski definition) is 0. The number of ketones is 1. The van der Waals surface area contributed by atoms with Crippen LogP contribution in [0.4, 0.5) is 18.9 Å². The zero-order valence-electron chi connectivity index (χ0n) is 21.6. The van der Waals surface area contributed by atoms with Crippen LogP contribution < -0.4 is 4.90 Å². The summed E-state index contributed by atoms with van der Waals surface area (Å²) in [6.07, 6.45) is -3.46. The number of aromatic nitrogens is 1. The van der Waals surface area contributed by atoms with Crippen molar-refractivity contribution in [3.05, 3.63) is 71.8 Å². The lowest BCUT2D eigenvalue weighted by Crippen LogP contribution is -2.23. The van der Waals surface area contributed by atoms with Crippen LogP contribution in [0.2, 0.25) is 0 Å². The van der Waals surface area contributed by atoms with Crippen LogP contribution in [0.3, 0.4) is 0 Å². The van der Waals surface area contributed by atoms with Gasteiger partial charge in [-0.1, -0.05) is 12.1 Å². The third kappa shape index (κ3) is 5.27. The van der Waals surface area contributed by atoms with Crippen molar-refractivity contribution in [2.75, 3.05) is 18.0 Å². The first-order chi connectivity index (χ1) is 18.0. The van der Waals surface area contributed by atoms with Gasteiger partial charge in [0, 0.05) is 47.7 Å². The highest BCUT2D eigenvalue weighted by molar-refractivity contribution is 6.45. The Bertz CT molecular complexity index is 1540. The highest BCUT2D eigenvalue weighted by Crippen LogP contribution is 2.36. The van der Waals surface area contributed by atoms with Gasteiger partial charge >= 0.3 is 12.1 Å². The molecule has 4 rings (SSSR count). The molecule has 198 valence electrons. The first kappa shape index (κ1) is 26.9. The maximum atomic E-state index is 13.2. The van der Waals surface area contributed by atoms with E-state index in [0.717, 1.165) is 59.1 Å². The summed E-state index contributed by atoms with van der Waals surface area (Å²) >= 11 is 0. The highest BCUT2D eigenvalue weighted by Gasteiger charge is 2.30. The molecule has 0 unspecified atom stereocenters. The molecule has 0 aliphatic heterocycles. The van der Waals surface area contributed by atoms with E-state index < -0.39 is 23.5 Å². The van der Waals surface area contributed by atoms with Crippen molar-refractivity contribution in [1.82, 2.24) is 4.57 Å². The van der Waals surface area contributed by atoms with Crippen molar-refractivity contribution in [1.29, 1.82) is 0 Å². The van der Waals surface area contributed by atoms with Gasteiger partial charge in [-0.25, -0.2) is 4.79 Å². The summed E-state index contributed by atoms with van der Waals surface area (Å²) in [5.41, 5.74) is 2.76. The van der Waals surface area contributed by atoms with E-state index >= 15 is 0 Å². The minimum Gasteiger partial charge on any atom is -0.372 e. The van der Waals surface area contributed by atoms with Gasteiger partial charge in [0.15, 0.2) is 0 Å². The minimum atomic E-state index is -4.43. The van der Waals surface area contributed by atoms with E-state index in [1.54, 1.807) is 18.2 Å². The smallest absolute Gasteiger partial charge is 0.372 e. The summed E-state index contributed by atoms with van der Waals surface area (Å²) in [6, 6.07) is 16.2. The van der Waals surface area contributed by atoms with Crippen LogP contribution in [-0.4, -0.2) is 35.1 Å². The zero-order valence-corrected chi connectivity index (χ0v) is 21.6. The molecule has 0 spiro atoms. The Kier molecular flexibility index (Phi) is 7.57. The van der Waals surface area contributed by atoms with Gasteiger partial charge in [0.05, 0.1) is 16.6 Å². The molecular weight excluding hydrogens is 495 g/mol. The van der Waals surface area contributed by atoms with E-state index in [2.05, 4.69) is 28.7 Å². The van der Waals surface area contributed by atoms with Crippen LogP contribution in [0.25, 0.3) is 27.5 Å². The minimum absolute atomic E-state index is 0.0202. The maximum Gasteiger partial charge on any atom is 0.416 e. The van der Waals surface area contributed by atoms with Gasteiger partial charge in [0.25, 0.3) is 0 Å². The molecule has 0 fully saturated rings. The molecule has 9 heteroatoms. The number of fused-ring (bicyclic) bond motifs is 3. The Morgan fingerprint density at radius 3 is 2.13 bits per heavy atom. The molecule has 1 heterocycles. The number of nitrogens with zero attached hydrogens (tertiary/aromatic N) is 3. The first-order valence-electron chi connectivity index (χ1n) is 12.3. The van der Waals surface area contributed by atoms with Crippen LogP contribution in [0, 0.1) is 0 Å². The monoisotopic (exact) mass is 523 g/mol. The van der Waals surface area contributed by atoms with Crippen LogP contribution in [0.15, 0.2) is 65.8 Å². The van der Waals surface area contributed by atoms with Crippen molar-refractivity contribution in [3.8, 4) is 5.69 Å². The summed E-state index contributed by atoms with van der Waals surface area (Å²) < 4.78 is 41.5. The molecule has 0 amide bonds. The average molecular weight is 524 g/mol. The third-order valence-corrected chi connectivity index (χ3v) is 6.34. The summed E-state index contributed by atoms with van der Waals surface area (Å²) in [7, 11) is 0. The second-order valence-corrected chi connectivity index (χ2v) is 8.98. The number of benzene rings is 3. The van der Waals surface area contributed by atoms with Gasteiger partial charge in [0.1, 0.15) is 5.71 Å². The number of oxime groups is 1. The molecule has 0 aliphatic rings. The fourth-order valence-corrected chi connectivity index (χ4v) is 4.55. The molecule has 38 heavy (non-hydrogen) atoms. The van der Waals surface area contributed by atoms with Crippen molar-refractivity contribution in [3.63, 3.8) is 0 Å². The molecule has 3 aromatic carbocycles. The zero-order chi connectivity index (χ0) is 27.6. The lowest BCUT2D eigenvalue weighted by atomic mass is 10.0. The van der Waals surface area contributed by atoms with E-state index in [-0.39, 0.29) is 5.71 Å². The van der Waals surface area contributed by atoms with Crippen molar-refractivity contribution >= 4 is 45.0 Å². The molecule has 0 bridgehead atoms. The van der Waals surface area contributed by atoms with E-state index in [9.17, 15) is 22.8 Å². The van der Waals surface area contributed by atoms with Gasteiger partial charge in [-0.2, -0.15) is 13.2 Å². The summed E-state index contributed by atoms with van der Waals surface area (Å²) in [5.74, 6) is -1.03. The predicted molar refractivity (Wildman–Crippen MR) is 143 cm³/mol. The van der Waals surface area contributed by atoms with Gasteiger partial charge in [-0.3, -0.25) is 4.79 Å². The Morgan fingerprint density at radius 1 is 0.921 bits per heavy atom. The van der Waals surface area contributed by atoms with Gasteiger partial charge < -0.3 is 14.3 Å². The average Bonchev–Trinajstić information content (AvgIpc) is 3.22. The molecular formula is C29H28F3N3O3. The highest BCUT2D eigenvalue weighted by atomic mass is 19.4. The number of carbonyl (C=O) groups excluding carboxylic acids is 2. The van der Waals surface area contributed by atoms with E-state index in [0.29, 0.717) is 11.3 Å². The number of alkyl halides is 3. The van der Waals surface area contributed by atoms with Crippen molar-refractivity contribution in [2.45, 2.75) is 40.3 Å². The number of Topliss-reactive ketones (excluding diaryl/α,β-unsaturated/α-hetero) is 1. The summed E-state index contributed by atoms with van der Waals surface area (Å²) in [5, 5.41) is 5.23. The Balaban J connectivity index is 1.93. The van der Waals surface area contributed by atoms with Crippen LogP contribution in [0.1, 0.15) is 50.0 Å². The van der Waals surface area contributed by atoms with Crippen LogP contribution in [0.5, 0.6) is 0 Å². The van der Waals surface area contributed by atoms with E-state index in [1.807, 2.05) is 22.8 Å². The second-order valence-electron chi connectivity index (χ2n) is 8.98. The molecule has 0 atom stereocenters. The molecule has 0 radical (unpaired) electrons. The number of carbonyl (C=O) groups is 2. The molecule has 4 aromatic rings. The molecule has 0 saturated heterocycles. The van der Waals surface area contributed by atoms with E-state index in [4.69, 9.17) is 0 Å². The molecule has 0 N–H and O–H groups in total. The normalized spacial score (nSPS) is 12.2. The molecule has 6 nitrogen and oxygen atoms in total. The van der Waals surface area contributed by atoms with Gasteiger partial charge in [0.2, 0.25) is 5.78 Å². The van der Waals surface area contributed by atoms with E-state index in [1.165, 1.54) is 26.0 Å².